The number of para-hydroxylation sites is 1. The second kappa shape index (κ2) is 11.3. The lowest BCUT2D eigenvalue weighted by atomic mass is 9.91. The van der Waals surface area contributed by atoms with E-state index in [1.165, 1.54) is 18.5 Å². The highest BCUT2D eigenvalue weighted by molar-refractivity contribution is 5.97. The molecule has 1 fully saturated rings. The number of aliphatic hydroxyl groups is 1. The molecule has 0 spiro atoms. The van der Waals surface area contributed by atoms with Crippen LogP contribution in [-0.2, 0) is 4.79 Å². The Morgan fingerprint density at radius 1 is 1.27 bits per heavy atom. The lowest BCUT2D eigenvalue weighted by Crippen LogP contribution is -2.50. The Hall–Kier alpha value is -4.82. The van der Waals surface area contributed by atoms with Gasteiger partial charge in [-0.3, -0.25) is 4.79 Å². The lowest BCUT2D eigenvalue weighted by Gasteiger charge is -2.31. The number of nitrogen functional groups attached to an aromatic ring is 1. The Balaban J connectivity index is 1.48. The highest BCUT2D eigenvalue weighted by Crippen LogP contribution is 2.29. The summed E-state index contributed by atoms with van der Waals surface area (Å²) in [6.45, 7) is 4.12. The standard InChI is InChI=1S/C30H31FN7O3/c1-30(2,17-39)14-20(15-32)29(40)36-12-6-7-21(16-36)37-19-38(26-27(33)34-18-35-28(26)37)25-11-10-23(13-24(25)31)41-22-8-4-3-5-9-22/h3-5,8-11,13-14,18-19,21,39H,6-7,12,16-17H2,1-2H3,(H2,33,34,35)/q+1/t21-/m1/s1. The highest BCUT2D eigenvalue weighted by Gasteiger charge is 2.33. The minimum atomic E-state index is -0.710. The molecule has 11 heteroatoms. The largest absolute Gasteiger partial charge is 0.457 e. The Morgan fingerprint density at radius 3 is 2.76 bits per heavy atom. The number of benzene rings is 2. The van der Waals surface area contributed by atoms with Gasteiger partial charge in [-0.15, -0.1) is 0 Å². The molecular weight excluding hydrogens is 525 g/mol. The van der Waals surface area contributed by atoms with Crippen LogP contribution in [0.15, 0.2) is 72.8 Å². The number of aliphatic hydroxyl groups excluding tert-OH is 1. The molecule has 4 aromatic rings. The van der Waals surface area contributed by atoms with E-state index in [2.05, 4.69) is 9.97 Å². The summed E-state index contributed by atoms with van der Waals surface area (Å²) in [5, 5.41) is 19.3. The summed E-state index contributed by atoms with van der Waals surface area (Å²) in [6, 6.07) is 15.5. The first kappa shape index (κ1) is 27.7. The molecule has 1 atom stereocenters. The van der Waals surface area contributed by atoms with Crippen LogP contribution in [0.1, 0.15) is 32.7 Å². The predicted octanol–water partition coefficient (Wildman–Crippen LogP) is 3.85. The first-order valence-corrected chi connectivity index (χ1v) is 13.3. The van der Waals surface area contributed by atoms with Crippen molar-refractivity contribution in [2.24, 2.45) is 5.41 Å². The van der Waals surface area contributed by atoms with Crippen molar-refractivity contribution in [3.8, 4) is 23.3 Å². The van der Waals surface area contributed by atoms with E-state index in [4.69, 9.17) is 10.5 Å². The van der Waals surface area contributed by atoms with Crippen LogP contribution in [0.5, 0.6) is 11.5 Å². The van der Waals surface area contributed by atoms with Crippen LogP contribution in [0.25, 0.3) is 16.9 Å². The van der Waals surface area contributed by atoms with Gasteiger partial charge in [0.25, 0.3) is 5.91 Å². The topological polar surface area (TPSA) is 134 Å². The van der Waals surface area contributed by atoms with Crippen molar-refractivity contribution in [2.45, 2.75) is 32.7 Å². The molecular formula is C30H31FN7O3+. The predicted molar refractivity (Wildman–Crippen MR) is 149 cm³/mol. The van der Waals surface area contributed by atoms with Gasteiger partial charge in [-0.25, -0.2) is 13.5 Å². The van der Waals surface area contributed by atoms with E-state index in [9.17, 15) is 15.2 Å². The molecule has 1 saturated heterocycles. The number of halogens is 1. The SMILES string of the molecule is CC(C)(C=C(C#N)C(=O)N1CCC[C@@H]([n+]2cn(-c3ccc(Oc4ccccc4)cc3F)c3c(N)ncnc32)C1)CO. The lowest BCUT2D eigenvalue weighted by molar-refractivity contribution is -0.702. The summed E-state index contributed by atoms with van der Waals surface area (Å²) in [5.74, 6) is 0.201. The van der Waals surface area contributed by atoms with Gasteiger partial charge in [-0.1, -0.05) is 43.1 Å². The van der Waals surface area contributed by atoms with E-state index in [0.717, 1.165) is 6.42 Å². The number of hydrogen-bond acceptors (Lipinski definition) is 7. The molecule has 3 heterocycles. The Morgan fingerprint density at radius 2 is 2.05 bits per heavy atom. The third-order valence-corrected chi connectivity index (χ3v) is 7.08. The maximum atomic E-state index is 15.5. The fourth-order valence-corrected chi connectivity index (χ4v) is 4.98. The first-order chi connectivity index (χ1) is 19.7. The normalized spacial score (nSPS) is 16.0. The van der Waals surface area contributed by atoms with E-state index < -0.39 is 17.1 Å². The molecule has 1 amide bonds. The Kier molecular flexibility index (Phi) is 7.68. The fourth-order valence-electron chi connectivity index (χ4n) is 4.98. The third-order valence-electron chi connectivity index (χ3n) is 7.08. The number of ether oxygens (including phenoxy) is 1. The van der Waals surface area contributed by atoms with Crippen molar-refractivity contribution in [3.05, 3.63) is 78.7 Å². The zero-order chi connectivity index (χ0) is 29.1. The number of piperidine rings is 1. The maximum Gasteiger partial charge on any atom is 0.308 e. The molecule has 10 nitrogen and oxygen atoms in total. The molecule has 0 saturated carbocycles. The van der Waals surface area contributed by atoms with Gasteiger partial charge in [0.1, 0.15) is 28.8 Å². The number of aromatic nitrogens is 4. The van der Waals surface area contributed by atoms with Crippen LogP contribution >= 0.6 is 0 Å². The average Bonchev–Trinajstić information content (AvgIpc) is 3.37. The van der Waals surface area contributed by atoms with Crippen LogP contribution < -0.4 is 15.0 Å². The van der Waals surface area contributed by atoms with E-state index in [-0.39, 0.29) is 29.7 Å². The summed E-state index contributed by atoms with van der Waals surface area (Å²) in [6.07, 6.45) is 6.02. The number of nitrogens with zero attached hydrogens (tertiary/aromatic N) is 6. The van der Waals surface area contributed by atoms with Crippen LogP contribution in [-0.4, -0.2) is 50.1 Å². The van der Waals surface area contributed by atoms with Gasteiger partial charge in [0.2, 0.25) is 5.52 Å². The number of carbonyl (C=O) groups excluding carboxylic acids is 1. The van der Waals surface area contributed by atoms with E-state index in [0.29, 0.717) is 42.2 Å². The number of nitriles is 1. The molecule has 41 heavy (non-hydrogen) atoms. The Bertz CT molecular complexity index is 1660. The highest BCUT2D eigenvalue weighted by atomic mass is 19.1. The molecule has 210 valence electrons. The molecule has 0 radical (unpaired) electrons. The van der Waals surface area contributed by atoms with Crippen molar-refractivity contribution in [3.63, 3.8) is 0 Å². The summed E-state index contributed by atoms with van der Waals surface area (Å²) in [4.78, 5) is 23.5. The maximum absolute atomic E-state index is 15.5. The van der Waals surface area contributed by atoms with Gasteiger partial charge in [0.15, 0.2) is 24.3 Å². The smallest absolute Gasteiger partial charge is 0.308 e. The van der Waals surface area contributed by atoms with Crippen LogP contribution in [0.2, 0.25) is 0 Å². The molecule has 3 N–H and O–H groups in total. The summed E-state index contributed by atoms with van der Waals surface area (Å²) in [7, 11) is 0. The molecule has 2 aromatic heterocycles. The number of imidazole rings is 1. The minimum absolute atomic E-state index is 0.0106. The van der Waals surface area contributed by atoms with Gasteiger partial charge in [0, 0.05) is 18.0 Å². The van der Waals surface area contributed by atoms with Crippen LogP contribution in [0.4, 0.5) is 10.2 Å². The van der Waals surface area contributed by atoms with Gasteiger partial charge in [0.05, 0.1) is 19.2 Å². The fraction of sp³-hybridized carbons (Fsp3) is 0.300. The van der Waals surface area contributed by atoms with E-state index in [1.807, 2.05) is 28.8 Å². The van der Waals surface area contributed by atoms with Crippen molar-refractivity contribution in [1.29, 1.82) is 5.26 Å². The van der Waals surface area contributed by atoms with Crippen LogP contribution in [0.3, 0.4) is 0 Å². The minimum Gasteiger partial charge on any atom is -0.457 e. The number of rotatable bonds is 7. The number of anilines is 1. The molecule has 0 unspecified atom stereocenters. The van der Waals surface area contributed by atoms with Gasteiger partial charge < -0.3 is 20.5 Å². The van der Waals surface area contributed by atoms with Crippen molar-refractivity contribution >= 4 is 22.9 Å². The van der Waals surface area contributed by atoms with Gasteiger partial charge >= 0.3 is 5.65 Å². The molecule has 0 aliphatic carbocycles. The van der Waals surface area contributed by atoms with E-state index in [1.54, 1.807) is 53.9 Å². The van der Waals surface area contributed by atoms with Gasteiger partial charge in [-0.05, 0) is 37.1 Å². The zero-order valence-corrected chi connectivity index (χ0v) is 22.9. The number of fused-ring (bicyclic) bond motifs is 1. The summed E-state index contributed by atoms with van der Waals surface area (Å²) < 4.78 is 24.8. The molecule has 1 aliphatic heterocycles. The average molecular weight is 557 g/mol. The van der Waals surface area contributed by atoms with Crippen molar-refractivity contribution < 1.29 is 23.6 Å². The number of nitrogens with two attached hydrogens (primary N) is 1. The molecule has 2 aromatic carbocycles. The van der Waals surface area contributed by atoms with Crippen molar-refractivity contribution in [1.82, 2.24) is 19.4 Å². The number of carbonyl (C=O) groups is 1. The second-order valence-electron chi connectivity index (χ2n) is 10.7. The zero-order valence-electron chi connectivity index (χ0n) is 22.9. The number of likely N-dealkylation sites (tertiary alicyclic amines) is 1. The number of hydrogen-bond donors (Lipinski definition) is 2. The molecule has 5 rings (SSSR count). The number of amides is 1. The van der Waals surface area contributed by atoms with E-state index >= 15 is 4.39 Å². The van der Waals surface area contributed by atoms with Crippen LogP contribution in [0, 0.1) is 22.6 Å². The van der Waals surface area contributed by atoms with Gasteiger partial charge in [-0.2, -0.15) is 10.2 Å². The van der Waals surface area contributed by atoms with Crippen molar-refractivity contribution in [2.75, 3.05) is 25.4 Å². The molecule has 1 aliphatic rings. The first-order valence-electron chi connectivity index (χ1n) is 13.3. The Labute approximate surface area is 236 Å². The monoisotopic (exact) mass is 556 g/mol. The summed E-state index contributed by atoms with van der Waals surface area (Å²) >= 11 is 0. The third kappa shape index (κ3) is 5.73. The summed E-state index contributed by atoms with van der Waals surface area (Å²) in [5.41, 5.74) is 6.72. The quantitative estimate of drug-likeness (QED) is 0.201. The second-order valence-corrected chi connectivity index (χ2v) is 10.7. The molecule has 0 bridgehead atoms.